The Morgan fingerprint density at radius 1 is 0.898 bits per heavy atom. The molecule has 12 nitrogen and oxygen atoms in total. The molecule has 4 N–H and O–H groups in total. The molecule has 3 saturated carbocycles. The summed E-state index contributed by atoms with van der Waals surface area (Å²) in [4.78, 5) is 83.6. The van der Waals surface area contributed by atoms with Gasteiger partial charge >= 0.3 is 0 Å². The van der Waals surface area contributed by atoms with Gasteiger partial charge < -0.3 is 30.6 Å². The molecule has 0 aromatic carbocycles. The lowest BCUT2D eigenvalue weighted by molar-refractivity contribution is -0.147. The van der Waals surface area contributed by atoms with Gasteiger partial charge in [-0.2, -0.15) is 0 Å². The third-order valence-corrected chi connectivity index (χ3v) is 10.8. The van der Waals surface area contributed by atoms with Crippen molar-refractivity contribution < 1.29 is 33.2 Å². The van der Waals surface area contributed by atoms with Crippen LogP contribution in [0.15, 0.2) is 22.8 Å². The molecule has 270 valence electrons. The summed E-state index contributed by atoms with van der Waals surface area (Å²) in [5.41, 5.74) is -0.732. The molecule has 5 amide bonds. The Balaban J connectivity index is 1.37. The molecule has 1 saturated heterocycles. The SMILES string of the molecule is CCC[C@H](NC(=O)[C@@H]1CC2CCCCC2N1C(=O)[C@@H](NC(=O)[C@@H](NC(=O)c1ccco1)C1CCCCC1)C(C)(C)C)C(=O)C(=O)NC1CC1. The van der Waals surface area contributed by atoms with E-state index in [2.05, 4.69) is 21.3 Å². The Morgan fingerprint density at radius 2 is 1.59 bits per heavy atom. The maximum atomic E-state index is 14.8. The van der Waals surface area contributed by atoms with Gasteiger partial charge in [0.05, 0.1) is 12.3 Å². The minimum absolute atomic E-state index is 0.0150. The zero-order valence-corrected chi connectivity index (χ0v) is 29.6. The van der Waals surface area contributed by atoms with Gasteiger partial charge in [-0.25, -0.2) is 0 Å². The number of nitrogens with one attached hydrogen (secondary N) is 4. The number of likely N-dealkylation sites (tertiary alicyclic amines) is 1. The van der Waals surface area contributed by atoms with E-state index in [1.165, 1.54) is 6.26 Å². The van der Waals surface area contributed by atoms with E-state index in [-0.39, 0.29) is 35.6 Å². The zero-order chi connectivity index (χ0) is 35.3. The molecule has 0 spiro atoms. The first-order valence-electron chi connectivity index (χ1n) is 18.5. The lowest BCUT2D eigenvalue weighted by atomic mass is 9.81. The number of carbonyl (C=O) groups is 6. The number of rotatable bonds is 13. The predicted octanol–water partition coefficient (Wildman–Crippen LogP) is 3.78. The van der Waals surface area contributed by atoms with E-state index in [9.17, 15) is 28.8 Å². The fourth-order valence-electron chi connectivity index (χ4n) is 7.99. The standard InChI is InChI=1S/C37H55N5O7/c1-5-12-25(30(43)35(47)38-24-18-19-24)39-32(44)27-21-23-15-9-10-16-26(23)42(27)36(48)31(37(2,3)4)41-34(46)29(22-13-7-6-8-14-22)40-33(45)28-17-11-20-49-28/h11,17,20,22-27,29,31H,5-10,12-16,18-19,21H2,1-4H3,(H,38,47)(H,39,44)(H,40,45)(H,41,46)/t23?,25-,26?,27-,29-,31+/m0/s1. The second-order valence-electron chi connectivity index (χ2n) is 15.7. The van der Waals surface area contributed by atoms with Crippen LogP contribution in [0.1, 0.15) is 128 Å². The Kier molecular flexibility index (Phi) is 11.9. The molecule has 0 bridgehead atoms. The molecular formula is C37H55N5O7. The van der Waals surface area contributed by atoms with E-state index in [0.717, 1.165) is 70.6 Å². The molecule has 1 aliphatic heterocycles. The average molecular weight is 682 g/mol. The van der Waals surface area contributed by atoms with Crippen LogP contribution in [0, 0.1) is 17.3 Å². The minimum Gasteiger partial charge on any atom is -0.459 e. The summed E-state index contributed by atoms with van der Waals surface area (Å²) in [5.74, 6) is -2.94. The van der Waals surface area contributed by atoms with Gasteiger partial charge in [-0.15, -0.1) is 0 Å². The van der Waals surface area contributed by atoms with E-state index in [1.54, 1.807) is 17.0 Å². The second-order valence-corrected chi connectivity index (χ2v) is 15.7. The summed E-state index contributed by atoms with van der Waals surface area (Å²) in [6.45, 7) is 7.53. The smallest absolute Gasteiger partial charge is 0.289 e. The molecule has 5 rings (SSSR count). The van der Waals surface area contributed by atoms with Crippen molar-refractivity contribution in [3.8, 4) is 0 Å². The second kappa shape index (κ2) is 15.9. The van der Waals surface area contributed by atoms with Crippen LogP contribution in [0.25, 0.3) is 0 Å². The van der Waals surface area contributed by atoms with E-state index in [4.69, 9.17) is 4.42 Å². The quantitative estimate of drug-likeness (QED) is 0.230. The number of furan rings is 1. The van der Waals surface area contributed by atoms with Gasteiger partial charge in [0.1, 0.15) is 18.1 Å². The summed E-state index contributed by atoms with van der Waals surface area (Å²) in [6.07, 6.45) is 12.5. The van der Waals surface area contributed by atoms with Crippen LogP contribution >= 0.6 is 0 Å². The van der Waals surface area contributed by atoms with E-state index in [1.807, 2.05) is 27.7 Å². The average Bonchev–Trinajstić information content (AvgIpc) is 3.55. The molecule has 1 aromatic heterocycles. The van der Waals surface area contributed by atoms with Crippen molar-refractivity contribution in [1.82, 2.24) is 26.2 Å². The molecule has 1 aromatic rings. The first kappa shape index (κ1) is 36.6. The maximum absolute atomic E-state index is 14.8. The summed E-state index contributed by atoms with van der Waals surface area (Å²) in [7, 11) is 0. The topological polar surface area (TPSA) is 167 Å². The summed E-state index contributed by atoms with van der Waals surface area (Å²) < 4.78 is 5.29. The molecule has 3 aliphatic carbocycles. The van der Waals surface area contributed by atoms with Gasteiger partial charge in [-0.1, -0.05) is 66.2 Å². The fraction of sp³-hybridized carbons (Fsp3) is 0.730. The molecule has 6 atom stereocenters. The maximum Gasteiger partial charge on any atom is 0.289 e. The molecule has 4 aliphatic rings. The Labute approximate surface area is 289 Å². The summed E-state index contributed by atoms with van der Waals surface area (Å²) in [5, 5.41) is 11.5. The van der Waals surface area contributed by atoms with Crippen molar-refractivity contribution in [3.63, 3.8) is 0 Å². The fourth-order valence-corrected chi connectivity index (χ4v) is 7.99. The van der Waals surface area contributed by atoms with Crippen LogP contribution < -0.4 is 21.3 Å². The van der Waals surface area contributed by atoms with Crippen LogP contribution in [0.5, 0.6) is 0 Å². The van der Waals surface area contributed by atoms with Gasteiger partial charge in [0.15, 0.2) is 5.76 Å². The van der Waals surface area contributed by atoms with Crippen LogP contribution in [0.4, 0.5) is 0 Å². The lowest BCUT2D eigenvalue weighted by Crippen LogP contribution is -2.63. The van der Waals surface area contributed by atoms with Gasteiger partial charge in [0.2, 0.25) is 23.5 Å². The molecule has 0 radical (unpaired) electrons. The summed E-state index contributed by atoms with van der Waals surface area (Å²) in [6, 6.07) is -0.672. The van der Waals surface area contributed by atoms with Crippen LogP contribution in [0.2, 0.25) is 0 Å². The number of carbonyl (C=O) groups excluding carboxylic acids is 6. The number of nitrogens with zero attached hydrogens (tertiary/aromatic N) is 1. The first-order chi connectivity index (χ1) is 23.4. The molecule has 2 heterocycles. The van der Waals surface area contributed by atoms with Crippen LogP contribution in [-0.4, -0.2) is 76.5 Å². The van der Waals surface area contributed by atoms with Crippen molar-refractivity contribution in [2.24, 2.45) is 17.3 Å². The molecular weight excluding hydrogens is 626 g/mol. The van der Waals surface area contributed by atoms with Crippen molar-refractivity contribution >= 4 is 35.3 Å². The van der Waals surface area contributed by atoms with Crippen molar-refractivity contribution in [3.05, 3.63) is 24.2 Å². The molecule has 49 heavy (non-hydrogen) atoms. The molecule has 4 fully saturated rings. The van der Waals surface area contributed by atoms with E-state index >= 15 is 0 Å². The Hall–Kier alpha value is -3.70. The van der Waals surface area contributed by atoms with Crippen molar-refractivity contribution in [2.45, 2.75) is 154 Å². The third kappa shape index (κ3) is 8.91. The highest BCUT2D eigenvalue weighted by atomic mass is 16.3. The van der Waals surface area contributed by atoms with Crippen molar-refractivity contribution in [2.75, 3.05) is 0 Å². The number of hydrogen-bond acceptors (Lipinski definition) is 7. The van der Waals surface area contributed by atoms with E-state index < -0.39 is 59.0 Å². The van der Waals surface area contributed by atoms with Gasteiger partial charge in [-0.05, 0) is 80.8 Å². The zero-order valence-electron chi connectivity index (χ0n) is 29.6. The third-order valence-electron chi connectivity index (χ3n) is 10.8. The number of ketones is 1. The highest BCUT2D eigenvalue weighted by Crippen LogP contribution is 2.41. The van der Waals surface area contributed by atoms with Gasteiger partial charge in [-0.3, -0.25) is 28.8 Å². The van der Waals surface area contributed by atoms with E-state index in [0.29, 0.717) is 19.3 Å². The monoisotopic (exact) mass is 681 g/mol. The van der Waals surface area contributed by atoms with Crippen molar-refractivity contribution in [1.29, 1.82) is 0 Å². The first-order valence-corrected chi connectivity index (χ1v) is 18.5. The number of hydrogen-bond donors (Lipinski definition) is 4. The minimum atomic E-state index is -0.986. The molecule has 2 unspecified atom stereocenters. The number of Topliss-reactive ketones (excluding diaryl/α,β-unsaturated/α-hetero) is 1. The number of fused-ring (bicyclic) bond motifs is 1. The highest BCUT2D eigenvalue weighted by Gasteiger charge is 2.51. The predicted molar refractivity (Wildman–Crippen MR) is 182 cm³/mol. The Morgan fingerprint density at radius 3 is 2.22 bits per heavy atom. The normalized spacial score (nSPS) is 24.6. The van der Waals surface area contributed by atoms with Crippen LogP contribution in [-0.2, 0) is 24.0 Å². The molecule has 12 heteroatoms. The number of amides is 5. The van der Waals surface area contributed by atoms with Gasteiger partial charge in [0.25, 0.3) is 11.8 Å². The Bertz CT molecular complexity index is 1360. The van der Waals surface area contributed by atoms with Crippen LogP contribution in [0.3, 0.4) is 0 Å². The highest BCUT2D eigenvalue weighted by molar-refractivity contribution is 6.38. The lowest BCUT2D eigenvalue weighted by Gasteiger charge is -2.40. The summed E-state index contributed by atoms with van der Waals surface area (Å²) >= 11 is 0. The van der Waals surface area contributed by atoms with Gasteiger partial charge in [0, 0.05) is 12.1 Å². The largest absolute Gasteiger partial charge is 0.459 e.